The molecule has 0 amide bonds. The molecule has 4 rings (SSSR count). The van der Waals surface area contributed by atoms with Crippen LogP contribution in [0.4, 0.5) is 0 Å². The van der Waals surface area contributed by atoms with Gasteiger partial charge in [0.05, 0.1) is 5.56 Å². The molecule has 3 unspecified atom stereocenters. The molecule has 3 aliphatic rings. The lowest BCUT2D eigenvalue weighted by Crippen LogP contribution is -2.46. The average molecular weight is 384 g/mol. The topological polar surface area (TPSA) is 29.3 Å². The van der Waals surface area contributed by atoms with Crippen molar-refractivity contribution in [3.8, 4) is 0 Å². The molecule has 28 heavy (non-hydrogen) atoms. The van der Waals surface area contributed by atoms with Crippen LogP contribution in [0.2, 0.25) is 0 Å². The van der Waals surface area contributed by atoms with Crippen molar-refractivity contribution in [1.29, 1.82) is 0 Å². The number of hydrogen-bond acceptors (Lipinski definition) is 3. The number of piperidine rings is 1. The second-order valence-electron chi connectivity index (χ2n) is 10.5. The van der Waals surface area contributed by atoms with Crippen molar-refractivity contribution in [2.24, 2.45) is 5.92 Å². The first-order valence-electron chi connectivity index (χ1n) is 11.4. The zero-order valence-electron chi connectivity index (χ0n) is 18.2. The van der Waals surface area contributed by atoms with Crippen LogP contribution in [0.25, 0.3) is 0 Å². The van der Waals surface area contributed by atoms with Gasteiger partial charge in [0.1, 0.15) is 6.10 Å². The molecule has 3 heteroatoms. The van der Waals surface area contributed by atoms with Gasteiger partial charge >= 0.3 is 5.97 Å². The SMILES string of the molecule is CCCC1CCC(c2ccc(C(=O)OC3CC(C)(C)N4CC4(C)C3)cc2)CC1. The van der Waals surface area contributed by atoms with Crippen molar-refractivity contribution in [3.63, 3.8) is 0 Å². The molecule has 3 atom stereocenters. The Balaban J connectivity index is 1.33. The van der Waals surface area contributed by atoms with Gasteiger partial charge in [-0.05, 0) is 76.0 Å². The summed E-state index contributed by atoms with van der Waals surface area (Å²) in [6.45, 7) is 10.2. The van der Waals surface area contributed by atoms with Crippen LogP contribution in [0.1, 0.15) is 101 Å². The summed E-state index contributed by atoms with van der Waals surface area (Å²) in [5, 5.41) is 0. The first-order valence-corrected chi connectivity index (χ1v) is 11.4. The number of rotatable bonds is 5. The van der Waals surface area contributed by atoms with Crippen molar-refractivity contribution in [3.05, 3.63) is 35.4 Å². The highest BCUT2D eigenvalue weighted by molar-refractivity contribution is 5.89. The number of fused-ring (bicyclic) bond motifs is 1. The lowest BCUT2D eigenvalue weighted by molar-refractivity contribution is -0.00646. The monoisotopic (exact) mass is 383 g/mol. The predicted molar refractivity (Wildman–Crippen MR) is 114 cm³/mol. The Morgan fingerprint density at radius 2 is 1.75 bits per heavy atom. The van der Waals surface area contributed by atoms with Crippen LogP contribution in [-0.4, -0.2) is 34.6 Å². The third-order valence-corrected chi connectivity index (χ3v) is 7.61. The lowest BCUT2D eigenvalue weighted by Gasteiger charge is -2.39. The number of carbonyl (C=O) groups excluding carboxylic acids is 1. The molecule has 3 fully saturated rings. The predicted octanol–water partition coefficient (Wildman–Crippen LogP) is 5.93. The molecule has 1 aromatic rings. The van der Waals surface area contributed by atoms with Crippen molar-refractivity contribution in [2.75, 3.05) is 6.54 Å². The average Bonchev–Trinajstić information content (AvgIpc) is 3.35. The van der Waals surface area contributed by atoms with Crippen LogP contribution < -0.4 is 0 Å². The van der Waals surface area contributed by atoms with Gasteiger partial charge in [-0.3, -0.25) is 4.90 Å². The van der Waals surface area contributed by atoms with Gasteiger partial charge in [0.15, 0.2) is 0 Å². The largest absolute Gasteiger partial charge is 0.459 e. The van der Waals surface area contributed by atoms with E-state index in [9.17, 15) is 4.79 Å². The second kappa shape index (κ2) is 7.48. The smallest absolute Gasteiger partial charge is 0.338 e. The van der Waals surface area contributed by atoms with E-state index in [4.69, 9.17) is 4.74 Å². The van der Waals surface area contributed by atoms with Crippen LogP contribution in [0.5, 0.6) is 0 Å². The van der Waals surface area contributed by atoms with E-state index in [1.807, 2.05) is 12.1 Å². The Morgan fingerprint density at radius 1 is 1.07 bits per heavy atom. The van der Waals surface area contributed by atoms with E-state index < -0.39 is 0 Å². The molecule has 0 spiro atoms. The van der Waals surface area contributed by atoms with Crippen molar-refractivity contribution in [2.45, 2.75) is 102 Å². The highest BCUT2D eigenvalue weighted by Crippen LogP contribution is 2.50. The number of carbonyl (C=O) groups is 1. The third kappa shape index (κ3) is 4.01. The lowest BCUT2D eigenvalue weighted by atomic mass is 9.77. The molecule has 0 radical (unpaired) electrons. The van der Waals surface area contributed by atoms with Gasteiger partial charge in [-0.1, -0.05) is 31.9 Å². The van der Waals surface area contributed by atoms with Crippen molar-refractivity contribution < 1.29 is 9.53 Å². The summed E-state index contributed by atoms with van der Waals surface area (Å²) in [6.07, 6.45) is 9.90. The van der Waals surface area contributed by atoms with E-state index in [1.54, 1.807) is 0 Å². The molecule has 2 heterocycles. The van der Waals surface area contributed by atoms with Gasteiger partial charge in [-0.15, -0.1) is 0 Å². The zero-order chi connectivity index (χ0) is 19.9. The molecule has 0 N–H and O–H groups in total. The minimum absolute atomic E-state index is 0.0276. The molecule has 1 aromatic carbocycles. The molecular weight excluding hydrogens is 346 g/mol. The third-order valence-electron chi connectivity index (χ3n) is 7.61. The molecule has 0 aromatic heterocycles. The van der Waals surface area contributed by atoms with Crippen molar-refractivity contribution >= 4 is 5.97 Å². The maximum atomic E-state index is 12.7. The summed E-state index contributed by atoms with van der Waals surface area (Å²) in [5.74, 6) is 1.44. The first-order chi connectivity index (χ1) is 13.3. The van der Waals surface area contributed by atoms with Gasteiger partial charge in [0.25, 0.3) is 0 Å². The van der Waals surface area contributed by atoms with Crippen LogP contribution in [0.15, 0.2) is 24.3 Å². The molecule has 1 saturated carbocycles. The maximum Gasteiger partial charge on any atom is 0.338 e. The quantitative estimate of drug-likeness (QED) is 0.466. The first kappa shape index (κ1) is 19.9. The second-order valence-corrected chi connectivity index (χ2v) is 10.5. The van der Waals surface area contributed by atoms with E-state index >= 15 is 0 Å². The molecular formula is C25H37NO2. The summed E-state index contributed by atoms with van der Waals surface area (Å²) in [4.78, 5) is 15.3. The number of ether oxygens (including phenoxy) is 1. The minimum Gasteiger partial charge on any atom is -0.459 e. The Bertz CT molecular complexity index is 702. The van der Waals surface area contributed by atoms with Crippen molar-refractivity contribution in [1.82, 2.24) is 4.90 Å². The Labute approximate surface area is 170 Å². The van der Waals surface area contributed by atoms with Gasteiger partial charge in [0, 0.05) is 30.5 Å². The zero-order valence-corrected chi connectivity index (χ0v) is 18.2. The van der Waals surface area contributed by atoms with E-state index in [2.05, 4.69) is 44.7 Å². The molecule has 1 aliphatic carbocycles. The van der Waals surface area contributed by atoms with E-state index in [0.29, 0.717) is 11.5 Å². The van der Waals surface area contributed by atoms with E-state index in [-0.39, 0.29) is 23.2 Å². The van der Waals surface area contributed by atoms with Gasteiger partial charge in [-0.2, -0.15) is 0 Å². The number of nitrogens with zero attached hydrogens (tertiary/aromatic N) is 1. The standard InChI is InChI=1S/C25H37NO2/c1-5-6-18-7-9-19(10-8-18)20-11-13-21(14-12-20)23(27)28-22-15-24(2,3)26-17-25(26,4)16-22/h11-14,18-19,22H,5-10,15-17H2,1-4H3. The summed E-state index contributed by atoms with van der Waals surface area (Å²) in [7, 11) is 0. The molecule has 0 bridgehead atoms. The molecule has 154 valence electrons. The van der Waals surface area contributed by atoms with Crippen LogP contribution in [-0.2, 0) is 4.74 Å². The van der Waals surface area contributed by atoms with Gasteiger partial charge in [-0.25, -0.2) is 4.79 Å². The van der Waals surface area contributed by atoms with Gasteiger partial charge < -0.3 is 4.74 Å². The van der Waals surface area contributed by atoms with E-state index in [0.717, 1.165) is 25.3 Å². The Hall–Kier alpha value is -1.35. The summed E-state index contributed by atoms with van der Waals surface area (Å²) in [5.41, 5.74) is 2.45. The highest BCUT2D eigenvalue weighted by Gasteiger charge is 2.59. The fourth-order valence-electron chi connectivity index (χ4n) is 6.04. The Morgan fingerprint density at radius 3 is 2.36 bits per heavy atom. The summed E-state index contributed by atoms with van der Waals surface area (Å²) < 4.78 is 5.94. The number of benzene rings is 1. The number of hydrogen-bond donors (Lipinski definition) is 0. The summed E-state index contributed by atoms with van der Waals surface area (Å²) in [6, 6.07) is 8.29. The molecule has 2 aliphatic heterocycles. The van der Waals surface area contributed by atoms with Crippen LogP contribution >= 0.6 is 0 Å². The van der Waals surface area contributed by atoms with Crippen LogP contribution in [0, 0.1) is 5.92 Å². The Kier molecular flexibility index (Phi) is 5.33. The fourth-order valence-corrected chi connectivity index (χ4v) is 6.04. The van der Waals surface area contributed by atoms with Crippen LogP contribution in [0.3, 0.4) is 0 Å². The highest BCUT2D eigenvalue weighted by atomic mass is 16.5. The fraction of sp³-hybridized carbons (Fsp3) is 0.720. The van der Waals surface area contributed by atoms with Gasteiger partial charge in [0.2, 0.25) is 0 Å². The molecule has 3 nitrogen and oxygen atoms in total. The molecule has 2 saturated heterocycles. The normalized spacial score (nSPS) is 36.4. The summed E-state index contributed by atoms with van der Waals surface area (Å²) >= 11 is 0. The minimum atomic E-state index is -0.156. The maximum absolute atomic E-state index is 12.7. The van der Waals surface area contributed by atoms with E-state index in [1.165, 1.54) is 44.1 Å². The number of esters is 1.